The lowest BCUT2D eigenvalue weighted by Gasteiger charge is -2.32. The van der Waals surface area contributed by atoms with Crippen molar-refractivity contribution in [3.8, 4) is 0 Å². The Kier molecular flexibility index (Phi) is 4.34. The van der Waals surface area contributed by atoms with Crippen LogP contribution in [0.15, 0.2) is 47.9 Å². The summed E-state index contributed by atoms with van der Waals surface area (Å²) in [5.41, 5.74) is 1.52. The molecule has 4 heteroatoms. The summed E-state index contributed by atoms with van der Waals surface area (Å²) >= 11 is 4.48. The highest BCUT2D eigenvalue weighted by Crippen LogP contribution is 2.39. The average Bonchev–Trinajstić information content (AvgIpc) is 2.72. The molecular weight excluding hydrogens is 303 g/mol. The molecule has 0 aliphatic carbocycles. The van der Waals surface area contributed by atoms with Crippen molar-refractivity contribution in [1.82, 2.24) is 0 Å². The van der Waals surface area contributed by atoms with E-state index in [0.29, 0.717) is 5.75 Å². The molecular formula is C19H23BO2S. The van der Waals surface area contributed by atoms with Crippen molar-refractivity contribution in [2.45, 2.75) is 38.9 Å². The fourth-order valence-electron chi connectivity index (χ4n) is 2.69. The molecule has 2 nitrogen and oxygen atoms in total. The van der Waals surface area contributed by atoms with Gasteiger partial charge in [-0.1, -0.05) is 42.5 Å². The van der Waals surface area contributed by atoms with E-state index < -0.39 is 0 Å². The number of hydrogen-bond acceptors (Lipinski definition) is 3. The largest absolute Gasteiger partial charge is 0.491 e. The smallest absolute Gasteiger partial charge is 0.400 e. The Hall–Kier alpha value is -1.23. The maximum atomic E-state index is 6.14. The molecule has 23 heavy (non-hydrogen) atoms. The van der Waals surface area contributed by atoms with Crippen LogP contribution in [0, 0.1) is 0 Å². The maximum absolute atomic E-state index is 6.14. The van der Waals surface area contributed by atoms with Gasteiger partial charge in [0.15, 0.2) is 0 Å². The topological polar surface area (TPSA) is 18.5 Å². The van der Waals surface area contributed by atoms with Gasteiger partial charge in [-0.05, 0) is 55.6 Å². The lowest BCUT2D eigenvalue weighted by atomic mass is 9.78. The monoisotopic (exact) mass is 326 g/mol. The molecule has 0 bridgehead atoms. The summed E-state index contributed by atoms with van der Waals surface area (Å²) in [5, 5.41) is 2.47. The summed E-state index contributed by atoms with van der Waals surface area (Å²) in [6, 6.07) is 14.8. The molecule has 0 N–H and O–H groups in total. The summed E-state index contributed by atoms with van der Waals surface area (Å²) in [4.78, 5) is 0. The molecule has 2 aromatic rings. The van der Waals surface area contributed by atoms with E-state index in [0.717, 1.165) is 11.0 Å². The normalized spacial score (nSPS) is 20.2. The van der Waals surface area contributed by atoms with E-state index in [1.54, 1.807) is 0 Å². The van der Waals surface area contributed by atoms with Gasteiger partial charge in [0.2, 0.25) is 0 Å². The molecule has 0 unspecified atom stereocenters. The third-order valence-electron chi connectivity index (χ3n) is 4.86. The fraction of sp³-hybridized carbons (Fsp3) is 0.368. The summed E-state index contributed by atoms with van der Waals surface area (Å²) in [6.45, 7) is 8.27. The maximum Gasteiger partial charge on any atom is 0.491 e. The lowest BCUT2D eigenvalue weighted by Crippen LogP contribution is -2.41. The SMILES string of the molecule is CC1(C)OB(C(=Cc2ccc3ccccc3c2)CS)OC1(C)C. The first-order chi connectivity index (χ1) is 10.8. The predicted molar refractivity (Wildman–Crippen MR) is 102 cm³/mol. The second-order valence-corrected chi connectivity index (χ2v) is 7.39. The van der Waals surface area contributed by atoms with Crippen molar-refractivity contribution in [3.05, 3.63) is 53.5 Å². The zero-order chi connectivity index (χ0) is 16.7. The van der Waals surface area contributed by atoms with Crippen molar-refractivity contribution in [2.75, 3.05) is 5.75 Å². The highest BCUT2D eigenvalue weighted by Gasteiger charge is 2.52. The first-order valence-electron chi connectivity index (χ1n) is 7.98. The lowest BCUT2D eigenvalue weighted by molar-refractivity contribution is 0.00578. The van der Waals surface area contributed by atoms with Gasteiger partial charge in [0.25, 0.3) is 0 Å². The van der Waals surface area contributed by atoms with Crippen LogP contribution in [0.4, 0.5) is 0 Å². The Morgan fingerprint density at radius 3 is 2.22 bits per heavy atom. The second-order valence-electron chi connectivity index (χ2n) is 7.07. The molecule has 0 atom stereocenters. The molecule has 2 aromatic carbocycles. The van der Waals surface area contributed by atoms with Crippen molar-refractivity contribution in [3.63, 3.8) is 0 Å². The third kappa shape index (κ3) is 3.21. The molecule has 1 saturated heterocycles. The quantitative estimate of drug-likeness (QED) is 0.646. The molecule has 0 spiro atoms. The molecule has 1 aliphatic heterocycles. The number of benzene rings is 2. The van der Waals surface area contributed by atoms with Gasteiger partial charge in [-0.15, -0.1) is 0 Å². The molecule has 1 heterocycles. The molecule has 0 saturated carbocycles. The van der Waals surface area contributed by atoms with E-state index in [9.17, 15) is 0 Å². The van der Waals surface area contributed by atoms with E-state index in [1.807, 2.05) is 0 Å². The Labute approximate surface area is 144 Å². The Morgan fingerprint density at radius 1 is 1.00 bits per heavy atom. The van der Waals surface area contributed by atoms with Crippen molar-refractivity contribution in [2.24, 2.45) is 0 Å². The molecule has 1 fully saturated rings. The van der Waals surface area contributed by atoms with Gasteiger partial charge in [-0.3, -0.25) is 0 Å². The molecule has 1 aliphatic rings. The zero-order valence-corrected chi connectivity index (χ0v) is 15.1. The molecule has 0 radical (unpaired) electrons. The Bertz CT molecular complexity index is 736. The van der Waals surface area contributed by atoms with E-state index in [2.05, 4.69) is 88.9 Å². The van der Waals surface area contributed by atoms with Crippen LogP contribution in [0.2, 0.25) is 0 Å². The van der Waals surface area contributed by atoms with Crippen molar-refractivity contribution < 1.29 is 9.31 Å². The van der Waals surface area contributed by atoms with Crippen molar-refractivity contribution >= 4 is 36.6 Å². The van der Waals surface area contributed by atoms with Gasteiger partial charge in [0.1, 0.15) is 0 Å². The zero-order valence-electron chi connectivity index (χ0n) is 14.2. The predicted octanol–water partition coefficient (Wildman–Crippen LogP) is 4.78. The molecule has 120 valence electrons. The van der Waals surface area contributed by atoms with Crippen LogP contribution in [-0.4, -0.2) is 24.1 Å². The van der Waals surface area contributed by atoms with Crippen LogP contribution in [0.25, 0.3) is 16.8 Å². The molecule has 0 amide bonds. The minimum atomic E-state index is -0.344. The van der Waals surface area contributed by atoms with E-state index in [4.69, 9.17) is 9.31 Å². The number of thiol groups is 1. The van der Waals surface area contributed by atoms with Crippen LogP contribution in [0.5, 0.6) is 0 Å². The van der Waals surface area contributed by atoms with Gasteiger partial charge in [0.05, 0.1) is 11.2 Å². The Morgan fingerprint density at radius 2 is 1.61 bits per heavy atom. The van der Waals surface area contributed by atoms with Crippen LogP contribution in [-0.2, 0) is 9.31 Å². The van der Waals surface area contributed by atoms with Gasteiger partial charge in [0, 0.05) is 5.75 Å². The molecule has 3 rings (SSSR count). The van der Waals surface area contributed by atoms with Crippen LogP contribution < -0.4 is 0 Å². The second kappa shape index (κ2) is 6.01. The van der Waals surface area contributed by atoms with Crippen molar-refractivity contribution in [1.29, 1.82) is 0 Å². The average molecular weight is 326 g/mol. The summed E-state index contributed by atoms with van der Waals surface area (Å²) in [5.74, 6) is 0.601. The fourth-order valence-corrected chi connectivity index (χ4v) is 2.93. The number of fused-ring (bicyclic) bond motifs is 1. The number of rotatable bonds is 3. The minimum absolute atomic E-state index is 0.330. The van der Waals surface area contributed by atoms with Gasteiger partial charge in [-0.25, -0.2) is 0 Å². The number of hydrogen-bond donors (Lipinski definition) is 1. The van der Waals surface area contributed by atoms with Gasteiger partial charge < -0.3 is 9.31 Å². The highest BCUT2D eigenvalue weighted by molar-refractivity contribution is 7.80. The summed E-state index contributed by atoms with van der Waals surface area (Å²) < 4.78 is 12.3. The van der Waals surface area contributed by atoms with E-state index in [1.165, 1.54) is 10.8 Å². The van der Waals surface area contributed by atoms with Gasteiger partial charge in [-0.2, -0.15) is 12.6 Å². The molecule has 0 aromatic heterocycles. The highest BCUT2D eigenvalue weighted by atomic mass is 32.1. The van der Waals surface area contributed by atoms with E-state index >= 15 is 0 Å². The third-order valence-corrected chi connectivity index (χ3v) is 5.23. The van der Waals surface area contributed by atoms with E-state index in [-0.39, 0.29) is 18.3 Å². The summed E-state index contributed by atoms with van der Waals surface area (Å²) in [6.07, 6.45) is 2.13. The minimum Gasteiger partial charge on any atom is -0.400 e. The standard InChI is InChI=1S/C19H23BO2S/c1-18(2)19(3,4)22-20(21-18)17(13-23)12-14-9-10-15-7-5-6-8-16(15)11-14/h5-12,23H,13H2,1-4H3. The van der Waals surface area contributed by atoms with Crippen LogP contribution >= 0.6 is 12.6 Å². The Balaban J connectivity index is 1.92. The first-order valence-corrected chi connectivity index (χ1v) is 8.61. The summed E-state index contributed by atoms with van der Waals surface area (Å²) in [7, 11) is -0.344. The van der Waals surface area contributed by atoms with Crippen LogP contribution in [0.3, 0.4) is 0 Å². The van der Waals surface area contributed by atoms with Crippen LogP contribution in [0.1, 0.15) is 33.3 Å². The van der Waals surface area contributed by atoms with Gasteiger partial charge >= 0.3 is 7.12 Å². The first kappa shape index (κ1) is 16.6.